The minimum Gasteiger partial charge on any atom is -0.444 e. The van der Waals surface area contributed by atoms with E-state index in [1.165, 1.54) is 6.07 Å². The number of nitrogens with zero attached hydrogens (tertiary/aromatic N) is 3. The summed E-state index contributed by atoms with van der Waals surface area (Å²) in [6.45, 7) is 8.10. The molecule has 1 fully saturated rings. The number of nitrogens with one attached hydrogen (secondary N) is 1. The number of amides is 1. The summed E-state index contributed by atoms with van der Waals surface area (Å²) in [6, 6.07) is 4.90. The van der Waals surface area contributed by atoms with Gasteiger partial charge in [0.05, 0.1) is 10.5 Å². The van der Waals surface area contributed by atoms with Crippen LogP contribution in [0.1, 0.15) is 51.2 Å². The van der Waals surface area contributed by atoms with Crippen LogP contribution < -0.4 is 5.32 Å². The zero-order chi connectivity index (χ0) is 20.2. The highest BCUT2D eigenvalue weighted by molar-refractivity contribution is 5.72. The molecule has 1 aliphatic heterocycles. The van der Waals surface area contributed by atoms with Crippen LogP contribution in [0.15, 0.2) is 12.1 Å². The Balaban J connectivity index is 2.25. The van der Waals surface area contributed by atoms with E-state index in [-0.39, 0.29) is 23.0 Å². The molecule has 1 aromatic rings. The third-order valence-electron chi connectivity index (χ3n) is 4.25. The molecule has 146 valence electrons. The van der Waals surface area contributed by atoms with Crippen molar-refractivity contribution in [2.75, 3.05) is 18.4 Å². The van der Waals surface area contributed by atoms with Gasteiger partial charge in [-0.2, -0.15) is 5.26 Å². The van der Waals surface area contributed by atoms with Gasteiger partial charge in [-0.3, -0.25) is 10.1 Å². The average molecular weight is 374 g/mol. The molecule has 0 radical (unpaired) electrons. The van der Waals surface area contributed by atoms with Crippen molar-refractivity contribution in [3.05, 3.63) is 33.4 Å². The first kappa shape index (κ1) is 20.5. The smallest absolute Gasteiger partial charge is 0.410 e. The van der Waals surface area contributed by atoms with Crippen molar-refractivity contribution in [2.45, 2.75) is 58.6 Å². The van der Waals surface area contributed by atoms with Crippen molar-refractivity contribution in [1.29, 1.82) is 5.26 Å². The lowest BCUT2D eigenvalue weighted by molar-refractivity contribution is -0.384. The molecular weight excluding hydrogens is 348 g/mol. The molecule has 0 saturated carbocycles. The molecule has 1 aromatic carbocycles. The molecular formula is C19H26N4O4. The van der Waals surface area contributed by atoms with Crippen LogP contribution in [0.2, 0.25) is 0 Å². The number of hydrogen-bond acceptors (Lipinski definition) is 6. The lowest BCUT2D eigenvalue weighted by Gasteiger charge is -2.29. The molecule has 8 heteroatoms. The van der Waals surface area contributed by atoms with E-state index in [1.807, 2.05) is 26.8 Å². The standard InChI is InChI=1S/C19H26N4O4/c1-13-9-14(11-20)17(16(10-13)23(25)26)21-15-7-5-6-8-22(12-15)18(24)27-19(2,3)4/h9-10,15,21H,5-8,12H2,1-4H3. The van der Waals surface area contributed by atoms with E-state index in [2.05, 4.69) is 5.32 Å². The second-order valence-electron chi connectivity index (χ2n) is 7.84. The molecule has 1 amide bonds. The third-order valence-corrected chi connectivity index (χ3v) is 4.25. The molecule has 8 nitrogen and oxygen atoms in total. The molecule has 0 spiro atoms. The van der Waals surface area contributed by atoms with E-state index in [4.69, 9.17) is 4.74 Å². The van der Waals surface area contributed by atoms with E-state index in [1.54, 1.807) is 17.9 Å². The molecule has 1 unspecified atom stereocenters. The maximum absolute atomic E-state index is 12.4. The van der Waals surface area contributed by atoms with Gasteiger partial charge in [0.1, 0.15) is 17.4 Å². The number of nitriles is 1. The monoisotopic (exact) mass is 374 g/mol. The maximum atomic E-state index is 12.4. The number of anilines is 1. The number of nitro benzene ring substituents is 1. The zero-order valence-corrected chi connectivity index (χ0v) is 16.2. The number of aryl methyl sites for hydroxylation is 1. The third kappa shape index (κ3) is 5.58. The lowest BCUT2D eigenvalue weighted by Crippen LogP contribution is -2.42. The van der Waals surface area contributed by atoms with Crippen LogP contribution in [-0.4, -0.2) is 40.6 Å². The molecule has 1 saturated heterocycles. The first-order valence-corrected chi connectivity index (χ1v) is 9.04. The number of nitro groups is 1. The molecule has 0 bridgehead atoms. The summed E-state index contributed by atoms with van der Waals surface area (Å²) in [5.74, 6) is 0. The first-order chi connectivity index (χ1) is 12.6. The predicted octanol–water partition coefficient (Wildman–Crippen LogP) is 3.98. The van der Waals surface area contributed by atoms with E-state index in [9.17, 15) is 20.2 Å². The van der Waals surface area contributed by atoms with Crippen molar-refractivity contribution in [3.8, 4) is 6.07 Å². The van der Waals surface area contributed by atoms with Crippen LogP contribution in [0, 0.1) is 28.4 Å². The van der Waals surface area contributed by atoms with Gasteiger partial charge in [0.25, 0.3) is 5.69 Å². The second kappa shape index (κ2) is 8.25. The summed E-state index contributed by atoms with van der Waals surface area (Å²) in [5, 5.41) is 24.0. The van der Waals surface area contributed by atoms with Gasteiger partial charge in [-0.25, -0.2) is 4.79 Å². The van der Waals surface area contributed by atoms with Crippen LogP contribution in [-0.2, 0) is 4.74 Å². The van der Waals surface area contributed by atoms with Crippen molar-refractivity contribution in [1.82, 2.24) is 4.90 Å². The van der Waals surface area contributed by atoms with Gasteiger partial charge in [0, 0.05) is 25.2 Å². The Labute approximate surface area is 159 Å². The molecule has 1 atom stereocenters. The molecule has 1 N–H and O–H groups in total. The zero-order valence-electron chi connectivity index (χ0n) is 16.2. The van der Waals surface area contributed by atoms with Gasteiger partial charge in [-0.1, -0.05) is 0 Å². The largest absolute Gasteiger partial charge is 0.444 e. The van der Waals surface area contributed by atoms with Crippen LogP contribution in [0.25, 0.3) is 0 Å². The summed E-state index contributed by atoms with van der Waals surface area (Å²) in [5.41, 5.74) is 0.384. The quantitative estimate of drug-likeness (QED) is 0.633. The summed E-state index contributed by atoms with van der Waals surface area (Å²) in [6.07, 6.45) is 2.06. The minimum absolute atomic E-state index is 0.125. The Kier molecular flexibility index (Phi) is 6.26. The van der Waals surface area contributed by atoms with Crippen LogP contribution in [0.3, 0.4) is 0 Å². The van der Waals surface area contributed by atoms with Gasteiger partial charge < -0.3 is 15.0 Å². The molecule has 0 aromatic heterocycles. The number of likely N-dealkylation sites (tertiary alicyclic amines) is 1. The lowest BCUT2D eigenvalue weighted by atomic mass is 10.1. The average Bonchev–Trinajstić information content (AvgIpc) is 2.80. The summed E-state index contributed by atoms with van der Waals surface area (Å²) < 4.78 is 5.45. The first-order valence-electron chi connectivity index (χ1n) is 9.04. The molecule has 27 heavy (non-hydrogen) atoms. The Bertz CT molecular complexity index is 764. The molecule has 0 aliphatic carbocycles. The fraction of sp³-hybridized carbons (Fsp3) is 0.579. The predicted molar refractivity (Wildman–Crippen MR) is 102 cm³/mol. The van der Waals surface area contributed by atoms with Crippen molar-refractivity contribution >= 4 is 17.5 Å². The van der Waals surface area contributed by atoms with Crippen molar-refractivity contribution in [3.63, 3.8) is 0 Å². The fourth-order valence-electron chi connectivity index (χ4n) is 3.11. The fourth-order valence-corrected chi connectivity index (χ4v) is 3.11. The van der Waals surface area contributed by atoms with Crippen LogP contribution in [0.4, 0.5) is 16.2 Å². The highest BCUT2D eigenvalue weighted by Gasteiger charge is 2.28. The van der Waals surface area contributed by atoms with E-state index >= 15 is 0 Å². The van der Waals surface area contributed by atoms with Gasteiger partial charge >= 0.3 is 6.09 Å². The highest BCUT2D eigenvalue weighted by atomic mass is 16.6. The van der Waals surface area contributed by atoms with E-state index < -0.39 is 16.6 Å². The minimum atomic E-state index is -0.587. The number of ether oxygens (including phenoxy) is 1. The normalized spacial score (nSPS) is 17.6. The number of hydrogen-bond donors (Lipinski definition) is 1. The van der Waals surface area contributed by atoms with Crippen molar-refractivity contribution in [2.24, 2.45) is 0 Å². The Hall–Kier alpha value is -2.82. The van der Waals surface area contributed by atoms with Crippen LogP contribution in [0.5, 0.6) is 0 Å². The Morgan fingerprint density at radius 3 is 2.70 bits per heavy atom. The van der Waals surface area contributed by atoms with E-state index in [0.717, 1.165) is 19.3 Å². The summed E-state index contributed by atoms with van der Waals surface area (Å²) >= 11 is 0. The number of benzene rings is 1. The van der Waals surface area contributed by atoms with Crippen LogP contribution >= 0.6 is 0 Å². The van der Waals surface area contributed by atoms with Gasteiger partial charge in [-0.05, 0) is 58.6 Å². The van der Waals surface area contributed by atoms with Crippen molar-refractivity contribution < 1.29 is 14.5 Å². The topological polar surface area (TPSA) is 108 Å². The molecule has 2 rings (SSSR count). The van der Waals surface area contributed by atoms with E-state index in [0.29, 0.717) is 18.7 Å². The number of carbonyl (C=O) groups is 1. The molecule has 1 aliphatic rings. The second-order valence-corrected chi connectivity index (χ2v) is 7.84. The summed E-state index contributed by atoms with van der Waals surface area (Å²) in [7, 11) is 0. The highest BCUT2D eigenvalue weighted by Crippen LogP contribution is 2.31. The Morgan fingerprint density at radius 2 is 2.11 bits per heavy atom. The van der Waals surface area contributed by atoms with Gasteiger partial charge in [0.2, 0.25) is 0 Å². The van der Waals surface area contributed by atoms with Gasteiger partial charge in [0.15, 0.2) is 0 Å². The maximum Gasteiger partial charge on any atom is 0.410 e. The van der Waals surface area contributed by atoms with Gasteiger partial charge in [-0.15, -0.1) is 0 Å². The SMILES string of the molecule is Cc1cc(C#N)c(NC2CCCCN(C(=O)OC(C)(C)C)C2)c([N+](=O)[O-])c1. The molecule has 1 heterocycles. The Morgan fingerprint density at radius 1 is 1.41 bits per heavy atom. The number of carbonyl (C=O) groups excluding carboxylic acids is 1. The summed E-state index contributed by atoms with van der Waals surface area (Å²) in [4.78, 5) is 25.0. The number of rotatable bonds is 3.